The number of ether oxygens (including phenoxy) is 1. The molecule has 3 rings (SSSR count). The number of benzene rings is 2. The molecule has 0 aromatic heterocycles. The third kappa shape index (κ3) is 6.17. The first-order valence-corrected chi connectivity index (χ1v) is 10.8. The van der Waals surface area contributed by atoms with Crippen molar-refractivity contribution in [2.24, 2.45) is 0 Å². The Labute approximate surface area is 204 Å². The number of alkyl halides is 3. The Hall–Kier alpha value is -3.43. The summed E-state index contributed by atoms with van der Waals surface area (Å²) < 4.78 is 59.8. The van der Waals surface area contributed by atoms with Crippen molar-refractivity contribution in [3.63, 3.8) is 0 Å². The molecule has 0 aliphatic carbocycles. The van der Waals surface area contributed by atoms with Gasteiger partial charge in [-0.1, -0.05) is 6.07 Å². The molecule has 7 nitrogen and oxygen atoms in total. The number of nitrogens with one attached hydrogen (secondary N) is 1. The highest BCUT2D eigenvalue weighted by molar-refractivity contribution is 7.80. The molecule has 2 unspecified atom stereocenters. The van der Waals surface area contributed by atoms with Crippen molar-refractivity contribution in [1.29, 1.82) is 5.26 Å². The number of anilines is 1. The topological polar surface area (TPSA) is 88.8 Å². The van der Waals surface area contributed by atoms with Crippen LogP contribution in [-0.4, -0.2) is 53.4 Å². The number of carbonyl (C=O) groups is 1. The lowest BCUT2D eigenvalue weighted by molar-refractivity contribution is -0.137. The summed E-state index contributed by atoms with van der Waals surface area (Å²) in [7, 11) is 1.46. The number of aliphatic hydroxyl groups is 1. The fourth-order valence-electron chi connectivity index (χ4n) is 3.53. The number of hydrogen-bond acceptors (Lipinski definition) is 5. The third-order valence-electron chi connectivity index (χ3n) is 5.52. The number of hydrogen-bond donors (Lipinski definition) is 2. The summed E-state index contributed by atoms with van der Waals surface area (Å²) in [4.78, 5) is 14.2. The highest BCUT2D eigenvalue weighted by atomic mass is 32.1. The van der Waals surface area contributed by atoms with E-state index in [0.29, 0.717) is 5.56 Å². The van der Waals surface area contributed by atoms with E-state index in [1.54, 1.807) is 6.07 Å². The van der Waals surface area contributed by atoms with E-state index in [1.807, 2.05) is 0 Å². The second-order valence-corrected chi connectivity index (χ2v) is 8.36. The van der Waals surface area contributed by atoms with E-state index in [2.05, 4.69) is 5.32 Å². The minimum absolute atomic E-state index is 0.0763. The van der Waals surface area contributed by atoms with Crippen LogP contribution in [0.2, 0.25) is 0 Å². The summed E-state index contributed by atoms with van der Waals surface area (Å²) in [5.74, 6) is -0.979. The van der Waals surface area contributed by atoms with Gasteiger partial charge in [0.25, 0.3) is 0 Å². The third-order valence-corrected chi connectivity index (χ3v) is 5.94. The standard InChI is InChI=1S/C23H22F4N4O3S/c1-13(32)31-11-19(33)21(12-31)34-20-6-3-14(7-18(20)24)10-29-22(35)30(2)16-5-4-15(9-28)17(8-16)23(25,26)27/h3-8,19,21,33H,10-12H2,1-2H3,(H,29,35). The van der Waals surface area contributed by atoms with Crippen molar-refractivity contribution in [1.82, 2.24) is 10.2 Å². The number of aliphatic hydroxyl groups excluding tert-OH is 1. The zero-order valence-corrected chi connectivity index (χ0v) is 19.6. The van der Waals surface area contributed by atoms with Crippen molar-refractivity contribution >= 4 is 28.9 Å². The van der Waals surface area contributed by atoms with Crippen molar-refractivity contribution in [2.75, 3.05) is 25.0 Å². The Kier molecular flexibility index (Phi) is 7.82. The first-order chi connectivity index (χ1) is 16.4. The molecule has 186 valence electrons. The predicted molar refractivity (Wildman–Crippen MR) is 123 cm³/mol. The van der Waals surface area contributed by atoms with E-state index in [-0.39, 0.29) is 42.1 Å². The molecule has 1 heterocycles. The molecule has 35 heavy (non-hydrogen) atoms. The number of nitrogens with zero attached hydrogens (tertiary/aromatic N) is 3. The number of amides is 1. The second kappa shape index (κ2) is 10.5. The first kappa shape index (κ1) is 26.2. The van der Waals surface area contributed by atoms with Crippen LogP contribution in [0.5, 0.6) is 5.75 Å². The second-order valence-electron chi connectivity index (χ2n) is 7.97. The van der Waals surface area contributed by atoms with E-state index in [0.717, 1.165) is 12.1 Å². The van der Waals surface area contributed by atoms with Gasteiger partial charge in [0.1, 0.15) is 12.2 Å². The molecule has 1 fully saturated rings. The molecular weight excluding hydrogens is 488 g/mol. The smallest absolute Gasteiger partial charge is 0.417 e. The Morgan fingerprint density at radius 3 is 2.60 bits per heavy atom. The van der Waals surface area contributed by atoms with Crippen molar-refractivity contribution in [3.8, 4) is 11.8 Å². The van der Waals surface area contributed by atoms with E-state index >= 15 is 0 Å². The lowest BCUT2D eigenvalue weighted by Crippen LogP contribution is -2.36. The average molecular weight is 511 g/mol. The summed E-state index contributed by atoms with van der Waals surface area (Å²) in [5.41, 5.74) is -0.953. The predicted octanol–water partition coefficient (Wildman–Crippen LogP) is 3.20. The van der Waals surface area contributed by atoms with Gasteiger partial charge in [-0.15, -0.1) is 0 Å². The molecule has 0 bridgehead atoms. The quantitative estimate of drug-likeness (QED) is 0.472. The van der Waals surface area contributed by atoms with Gasteiger partial charge in [-0.2, -0.15) is 18.4 Å². The molecule has 2 N–H and O–H groups in total. The SMILES string of the molecule is CC(=O)N1CC(O)C(Oc2ccc(CNC(=S)N(C)c3ccc(C#N)c(C(F)(F)F)c3)cc2F)C1. The molecule has 1 aliphatic rings. The van der Waals surface area contributed by atoms with Crippen LogP contribution in [0, 0.1) is 17.1 Å². The number of β-amino-alcohol motifs (C(OH)–C–C–N with tert-alkyl or cyclic N) is 1. The van der Waals surface area contributed by atoms with Gasteiger partial charge in [-0.3, -0.25) is 4.79 Å². The Bertz CT molecular complexity index is 1170. The average Bonchev–Trinajstić information content (AvgIpc) is 3.18. The summed E-state index contributed by atoms with van der Waals surface area (Å²) in [5, 5.41) is 21.9. The van der Waals surface area contributed by atoms with E-state index in [1.165, 1.54) is 48.0 Å². The number of likely N-dealkylation sites (tertiary alicyclic amines) is 1. The normalized spacial score (nSPS) is 17.6. The zero-order valence-electron chi connectivity index (χ0n) is 18.8. The summed E-state index contributed by atoms with van der Waals surface area (Å²) in [6.45, 7) is 1.70. The van der Waals surface area contributed by atoms with Gasteiger partial charge in [0.05, 0.1) is 30.3 Å². The fourth-order valence-corrected chi connectivity index (χ4v) is 3.71. The maximum absolute atomic E-state index is 14.6. The van der Waals surface area contributed by atoms with Gasteiger partial charge in [-0.25, -0.2) is 4.39 Å². The minimum atomic E-state index is -4.70. The van der Waals surface area contributed by atoms with E-state index in [4.69, 9.17) is 22.2 Å². The van der Waals surface area contributed by atoms with Crippen LogP contribution < -0.4 is 15.0 Å². The molecule has 2 atom stereocenters. The summed E-state index contributed by atoms with van der Waals surface area (Å²) in [6, 6.07) is 8.94. The zero-order chi connectivity index (χ0) is 25.9. The van der Waals surface area contributed by atoms with Crippen LogP contribution in [0.25, 0.3) is 0 Å². The molecule has 12 heteroatoms. The van der Waals surface area contributed by atoms with Gasteiger partial charge in [0.2, 0.25) is 5.91 Å². The fraction of sp³-hybridized carbons (Fsp3) is 0.348. The van der Waals surface area contributed by atoms with Crippen molar-refractivity contribution < 1.29 is 32.2 Å². The molecule has 0 saturated carbocycles. The number of halogens is 4. The first-order valence-electron chi connectivity index (χ1n) is 10.4. The maximum Gasteiger partial charge on any atom is 0.417 e. The summed E-state index contributed by atoms with van der Waals surface area (Å²) >= 11 is 5.24. The van der Waals surface area contributed by atoms with Crippen LogP contribution in [0.15, 0.2) is 36.4 Å². The highest BCUT2D eigenvalue weighted by Gasteiger charge is 2.35. The molecule has 2 aromatic rings. The monoisotopic (exact) mass is 510 g/mol. The lowest BCUT2D eigenvalue weighted by atomic mass is 10.1. The molecule has 1 saturated heterocycles. The van der Waals surface area contributed by atoms with Crippen LogP contribution in [0.3, 0.4) is 0 Å². The van der Waals surface area contributed by atoms with Crippen LogP contribution in [0.4, 0.5) is 23.2 Å². The van der Waals surface area contributed by atoms with Crippen LogP contribution in [-0.2, 0) is 17.5 Å². The highest BCUT2D eigenvalue weighted by Crippen LogP contribution is 2.34. The number of thiocarbonyl (C=S) groups is 1. The minimum Gasteiger partial charge on any atom is -0.483 e. The lowest BCUT2D eigenvalue weighted by Gasteiger charge is -2.23. The van der Waals surface area contributed by atoms with Crippen LogP contribution in [0.1, 0.15) is 23.6 Å². The maximum atomic E-state index is 14.6. The van der Waals surface area contributed by atoms with Gasteiger partial charge in [0, 0.05) is 26.2 Å². The van der Waals surface area contributed by atoms with E-state index < -0.39 is 35.3 Å². The molecule has 1 aliphatic heterocycles. The van der Waals surface area contributed by atoms with Crippen molar-refractivity contribution in [3.05, 3.63) is 58.9 Å². The van der Waals surface area contributed by atoms with Crippen molar-refractivity contribution in [2.45, 2.75) is 31.9 Å². The van der Waals surface area contributed by atoms with Gasteiger partial charge < -0.3 is 25.0 Å². The molecule has 0 radical (unpaired) electrons. The molecule has 2 aromatic carbocycles. The Morgan fingerprint density at radius 2 is 2.03 bits per heavy atom. The van der Waals surface area contributed by atoms with Gasteiger partial charge >= 0.3 is 6.18 Å². The number of rotatable bonds is 5. The Balaban J connectivity index is 1.63. The van der Waals surface area contributed by atoms with Gasteiger partial charge in [-0.05, 0) is 48.1 Å². The number of nitriles is 1. The number of carbonyl (C=O) groups excluding carboxylic acids is 1. The molecular formula is C23H22F4N4O3S. The summed E-state index contributed by atoms with van der Waals surface area (Å²) in [6.07, 6.45) is -6.39. The molecule has 0 spiro atoms. The molecule has 1 amide bonds. The van der Waals surface area contributed by atoms with E-state index in [9.17, 15) is 27.5 Å². The van der Waals surface area contributed by atoms with Gasteiger partial charge in [0.15, 0.2) is 16.7 Å². The van der Waals surface area contributed by atoms with Crippen LogP contribution >= 0.6 is 12.2 Å². The largest absolute Gasteiger partial charge is 0.483 e. The Morgan fingerprint density at radius 1 is 1.31 bits per heavy atom.